The average molecular weight is 401 g/mol. The van der Waals surface area contributed by atoms with Crippen LogP contribution in [-0.4, -0.2) is 18.5 Å². The van der Waals surface area contributed by atoms with Gasteiger partial charge in [0.25, 0.3) is 0 Å². The molecule has 0 saturated heterocycles. The number of alkyl halides is 3. The molecular formula is C19H22F3NO5. The molecular weight excluding hydrogens is 379 g/mol. The predicted octanol–water partition coefficient (Wildman–Crippen LogP) is 4.51. The van der Waals surface area contributed by atoms with Gasteiger partial charge >= 0.3 is 17.8 Å². The summed E-state index contributed by atoms with van der Waals surface area (Å²) in [4.78, 5) is 32.5. The van der Waals surface area contributed by atoms with E-state index < -0.39 is 17.4 Å². The lowest BCUT2D eigenvalue weighted by molar-refractivity contribution is -0.141. The quantitative estimate of drug-likeness (QED) is 0.453. The molecule has 28 heavy (non-hydrogen) atoms. The Morgan fingerprint density at radius 2 is 1.86 bits per heavy atom. The molecule has 0 aliphatic heterocycles. The molecule has 0 spiro atoms. The van der Waals surface area contributed by atoms with E-state index in [9.17, 15) is 27.6 Å². The first-order valence-corrected chi connectivity index (χ1v) is 8.66. The van der Waals surface area contributed by atoms with E-state index in [2.05, 4.69) is 17.0 Å². The number of hydrogen-bond acceptors (Lipinski definition) is 5. The SMILES string of the molecule is CCC(=O)Nc1ccc2c(C(F)(F)F)cc(=O)oc2c1.CCCCOC(C)=O. The summed E-state index contributed by atoms with van der Waals surface area (Å²) < 4.78 is 47.8. The highest BCUT2D eigenvalue weighted by Gasteiger charge is 2.33. The van der Waals surface area contributed by atoms with E-state index in [0.29, 0.717) is 12.7 Å². The van der Waals surface area contributed by atoms with E-state index in [1.165, 1.54) is 19.1 Å². The van der Waals surface area contributed by atoms with Gasteiger partial charge in [0.1, 0.15) is 5.58 Å². The molecule has 0 bridgehead atoms. The Bertz CT molecular complexity index is 874. The molecule has 2 aromatic rings. The fraction of sp³-hybridized carbons (Fsp3) is 0.421. The number of fused-ring (bicyclic) bond motifs is 1. The third-order valence-electron chi connectivity index (χ3n) is 3.46. The fourth-order valence-corrected chi connectivity index (χ4v) is 2.08. The van der Waals surface area contributed by atoms with Crippen molar-refractivity contribution in [2.45, 2.75) is 46.2 Å². The number of nitrogens with one attached hydrogen (secondary N) is 1. The average Bonchev–Trinajstić information content (AvgIpc) is 2.60. The summed E-state index contributed by atoms with van der Waals surface area (Å²) in [5, 5.41) is 2.25. The van der Waals surface area contributed by atoms with Gasteiger partial charge in [0.15, 0.2) is 0 Å². The molecule has 1 aromatic carbocycles. The van der Waals surface area contributed by atoms with E-state index in [1.807, 2.05) is 0 Å². The van der Waals surface area contributed by atoms with Gasteiger partial charge in [-0.05, 0) is 18.6 Å². The highest BCUT2D eigenvalue weighted by molar-refractivity contribution is 5.93. The molecule has 0 radical (unpaired) electrons. The lowest BCUT2D eigenvalue weighted by Gasteiger charge is -2.10. The summed E-state index contributed by atoms with van der Waals surface area (Å²) >= 11 is 0. The smallest absolute Gasteiger partial charge is 0.417 e. The maximum Gasteiger partial charge on any atom is 0.417 e. The van der Waals surface area contributed by atoms with Crippen LogP contribution in [-0.2, 0) is 20.5 Å². The number of amides is 1. The first-order valence-electron chi connectivity index (χ1n) is 8.66. The van der Waals surface area contributed by atoms with Crippen molar-refractivity contribution < 1.29 is 31.9 Å². The van der Waals surface area contributed by atoms with Crippen LogP contribution >= 0.6 is 0 Å². The zero-order valence-corrected chi connectivity index (χ0v) is 15.8. The number of anilines is 1. The Hall–Kier alpha value is -2.84. The molecule has 0 atom stereocenters. The van der Waals surface area contributed by atoms with Crippen LogP contribution in [0.25, 0.3) is 11.0 Å². The van der Waals surface area contributed by atoms with Crippen molar-refractivity contribution in [2.24, 2.45) is 0 Å². The number of carbonyl (C=O) groups excluding carboxylic acids is 2. The number of unbranched alkanes of at least 4 members (excludes halogenated alkanes) is 1. The van der Waals surface area contributed by atoms with Crippen LogP contribution in [0.2, 0.25) is 0 Å². The van der Waals surface area contributed by atoms with Crippen LogP contribution in [0.1, 0.15) is 45.6 Å². The standard InChI is InChI=1S/C13H10F3NO3.C6H12O2/c1-2-11(18)17-7-3-4-8-9(13(14,15)16)6-12(19)20-10(8)5-7;1-3-4-5-8-6(2)7/h3-6H,2H2,1H3,(H,17,18);3-5H2,1-2H3. The fourth-order valence-electron chi connectivity index (χ4n) is 2.08. The molecule has 9 heteroatoms. The first kappa shape index (κ1) is 23.2. The monoisotopic (exact) mass is 401 g/mol. The molecule has 154 valence electrons. The van der Waals surface area contributed by atoms with Crippen LogP contribution in [0.4, 0.5) is 18.9 Å². The molecule has 1 N–H and O–H groups in total. The summed E-state index contributed by atoms with van der Waals surface area (Å²) in [6, 6.07) is 4.09. The van der Waals surface area contributed by atoms with Gasteiger partial charge in [0.05, 0.1) is 12.2 Å². The van der Waals surface area contributed by atoms with Gasteiger partial charge in [-0.2, -0.15) is 13.2 Å². The van der Waals surface area contributed by atoms with Crippen molar-refractivity contribution in [3.63, 3.8) is 0 Å². The van der Waals surface area contributed by atoms with E-state index in [1.54, 1.807) is 6.92 Å². The summed E-state index contributed by atoms with van der Waals surface area (Å²) in [5.74, 6) is -0.475. The Morgan fingerprint density at radius 3 is 2.39 bits per heavy atom. The van der Waals surface area contributed by atoms with Gasteiger partial charge in [-0.25, -0.2) is 4.79 Å². The molecule has 0 aliphatic rings. The van der Waals surface area contributed by atoms with E-state index in [-0.39, 0.29) is 35.0 Å². The normalized spacial score (nSPS) is 10.8. The predicted molar refractivity (Wildman–Crippen MR) is 97.9 cm³/mol. The molecule has 2 rings (SSSR count). The van der Waals surface area contributed by atoms with Crippen LogP contribution in [0.15, 0.2) is 33.5 Å². The minimum absolute atomic E-state index is 0.182. The van der Waals surface area contributed by atoms with E-state index in [0.717, 1.165) is 18.9 Å². The van der Waals surface area contributed by atoms with Crippen molar-refractivity contribution in [3.05, 3.63) is 40.2 Å². The van der Waals surface area contributed by atoms with Crippen molar-refractivity contribution in [1.82, 2.24) is 0 Å². The largest absolute Gasteiger partial charge is 0.466 e. The van der Waals surface area contributed by atoms with Crippen molar-refractivity contribution >= 4 is 28.5 Å². The second kappa shape index (κ2) is 10.5. The minimum Gasteiger partial charge on any atom is -0.466 e. The summed E-state index contributed by atoms with van der Waals surface area (Å²) in [6.45, 7) is 5.70. The third kappa shape index (κ3) is 7.42. The van der Waals surface area contributed by atoms with Crippen molar-refractivity contribution in [2.75, 3.05) is 11.9 Å². The molecule has 1 amide bonds. The Morgan fingerprint density at radius 1 is 1.18 bits per heavy atom. The van der Waals surface area contributed by atoms with Crippen LogP contribution in [0.5, 0.6) is 0 Å². The van der Waals surface area contributed by atoms with Crippen molar-refractivity contribution in [1.29, 1.82) is 0 Å². The Labute approximate surface area is 159 Å². The summed E-state index contributed by atoms with van der Waals surface area (Å²) in [6.07, 6.45) is -2.38. The van der Waals surface area contributed by atoms with Crippen LogP contribution < -0.4 is 10.9 Å². The van der Waals surface area contributed by atoms with Gasteiger partial charge in [0.2, 0.25) is 5.91 Å². The molecule has 6 nitrogen and oxygen atoms in total. The lowest BCUT2D eigenvalue weighted by Crippen LogP contribution is -2.12. The van der Waals surface area contributed by atoms with E-state index in [4.69, 9.17) is 4.42 Å². The number of hydrogen-bond donors (Lipinski definition) is 1. The maximum absolute atomic E-state index is 12.8. The van der Waals surface area contributed by atoms with Crippen LogP contribution in [0, 0.1) is 0 Å². The number of esters is 1. The number of benzene rings is 1. The highest BCUT2D eigenvalue weighted by Crippen LogP contribution is 2.34. The van der Waals surface area contributed by atoms with Gasteiger partial charge in [-0.15, -0.1) is 0 Å². The summed E-state index contributed by atoms with van der Waals surface area (Å²) in [5.41, 5.74) is -2.11. The molecule has 0 aliphatic carbocycles. The molecule has 0 unspecified atom stereocenters. The summed E-state index contributed by atoms with van der Waals surface area (Å²) in [7, 11) is 0. The molecule has 0 saturated carbocycles. The maximum atomic E-state index is 12.8. The number of ether oxygens (including phenoxy) is 1. The minimum atomic E-state index is -4.65. The molecule has 1 heterocycles. The third-order valence-corrected chi connectivity index (χ3v) is 3.46. The van der Waals surface area contributed by atoms with Gasteiger partial charge < -0.3 is 14.5 Å². The zero-order valence-electron chi connectivity index (χ0n) is 15.8. The molecule has 1 aromatic heterocycles. The topological polar surface area (TPSA) is 85.6 Å². The zero-order chi connectivity index (χ0) is 21.3. The van der Waals surface area contributed by atoms with Gasteiger partial charge in [-0.3, -0.25) is 9.59 Å². The lowest BCUT2D eigenvalue weighted by atomic mass is 10.1. The number of rotatable bonds is 5. The van der Waals surface area contributed by atoms with E-state index >= 15 is 0 Å². The first-order chi connectivity index (χ1) is 13.1. The van der Waals surface area contributed by atoms with Gasteiger partial charge in [-0.1, -0.05) is 20.3 Å². The van der Waals surface area contributed by atoms with Crippen molar-refractivity contribution in [3.8, 4) is 0 Å². The Kier molecular flexibility index (Phi) is 8.69. The molecule has 0 fully saturated rings. The Balaban J connectivity index is 0.000000416. The second-order valence-corrected chi connectivity index (χ2v) is 5.78. The second-order valence-electron chi connectivity index (χ2n) is 5.78. The highest BCUT2D eigenvalue weighted by atomic mass is 19.4. The number of carbonyl (C=O) groups is 2. The van der Waals surface area contributed by atoms with Gasteiger partial charge in [0, 0.05) is 36.6 Å². The van der Waals surface area contributed by atoms with Crippen LogP contribution in [0.3, 0.4) is 0 Å². The number of halogens is 3.